The summed E-state index contributed by atoms with van der Waals surface area (Å²) in [5.41, 5.74) is 2.95. The SMILES string of the molecule is CS(=O)(=O)O.Cl.Fc1ccc(C(OCCN2CCN(C/C=C/c3ccccc3)CC2)c2ccc(F)cc2)cc1. The molecule has 1 saturated heterocycles. The number of piperazine rings is 1. The van der Waals surface area contributed by atoms with Gasteiger partial charge in [0, 0.05) is 39.3 Å². The predicted molar refractivity (Wildman–Crippen MR) is 154 cm³/mol. The molecule has 0 spiro atoms. The number of benzene rings is 3. The van der Waals surface area contributed by atoms with E-state index < -0.39 is 10.1 Å². The normalized spacial score (nSPS) is 14.6. The fourth-order valence-electron chi connectivity index (χ4n) is 4.06. The van der Waals surface area contributed by atoms with Gasteiger partial charge in [0.15, 0.2) is 0 Å². The van der Waals surface area contributed by atoms with E-state index in [1.807, 2.05) is 6.07 Å². The Bertz CT molecular complexity index is 1180. The second kappa shape index (κ2) is 16.4. The van der Waals surface area contributed by atoms with Gasteiger partial charge < -0.3 is 4.74 Å². The highest BCUT2D eigenvalue weighted by atomic mass is 35.5. The Kier molecular flexibility index (Phi) is 13.7. The largest absolute Gasteiger partial charge is 0.367 e. The van der Waals surface area contributed by atoms with Crippen LogP contribution in [0.15, 0.2) is 84.9 Å². The lowest BCUT2D eigenvalue weighted by Crippen LogP contribution is -2.47. The molecule has 1 aliphatic heterocycles. The van der Waals surface area contributed by atoms with Gasteiger partial charge in [-0.15, -0.1) is 12.4 Å². The molecule has 39 heavy (non-hydrogen) atoms. The average Bonchev–Trinajstić information content (AvgIpc) is 2.89. The third kappa shape index (κ3) is 12.8. The van der Waals surface area contributed by atoms with E-state index in [0.29, 0.717) is 12.9 Å². The van der Waals surface area contributed by atoms with E-state index in [0.717, 1.165) is 50.4 Å². The van der Waals surface area contributed by atoms with Crippen LogP contribution >= 0.6 is 12.4 Å². The van der Waals surface area contributed by atoms with Gasteiger partial charge in [-0.25, -0.2) is 8.78 Å². The van der Waals surface area contributed by atoms with E-state index in [4.69, 9.17) is 9.29 Å². The predicted octanol–water partition coefficient (Wildman–Crippen LogP) is 5.33. The van der Waals surface area contributed by atoms with Gasteiger partial charge in [-0.1, -0.05) is 66.7 Å². The molecular formula is C29H35ClF2N2O4S. The number of hydrogen-bond acceptors (Lipinski definition) is 5. The summed E-state index contributed by atoms with van der Waals surface area (Å²) in [5.74, 6) is -0.568. The molecule has 4 rings (SSSR count). The Morgan fingerprint density at radius 1 is 0.846 bits per heavy atom. The Morgan fingerprint density at radius 3 is 1.79 bits per heavy atom. The fraction of sp³-hybridized carbons (Fsp3) is 0.310. The summed E-state index contributed by atoms with van der Waals surface area (Å²) in [5, 5.41) is 0. The van der Waals surface area contributed by atoms with Crippen LogP contribution in [0.2, 0.25) is 0 Å². The summed E-state index contributed by atoms with van der Waals surface area (Å²) in [6, 6.07) is 23.0. The first kappa shape index (κ1) is 32.6. The van der Waals surface area contributed by atoms with Crippen LogP contribution in [0.25, 0.3) is 6.08 Å². The average molecular weight is 581 g/mol. The standard InChI is InChI=1S/C28H30F2N2O.CH4O3S.ClH/c29-26-12-8-24(9-13-26)28(25-10-14-27(30)15-11-25)33-22-21-32-19-17-31(18-20-32)16-4-7-23-5-2-1-3-6-23;1-5(2,3)4;/h1-15,28H,16-22H2;1H3,(H,2,3,4);1H/b7-4+;;. The molecule has 1 heterocycles. The number of hydrogen-bond donors (Lipinski definition) is 1. The lowest BCUT2D eigenvalue weighted by atomic mass is 10.0. The van der Waals surface area contributed by atoms with Gasteiger partial charge in [-0.2, -0.15) is 8.42 Å². The number of rotatable bonds is 9. The lowest BCUT2D eigenvalue weighted by molar-refractivity contribution is 0.0467. The number of nitrogens with zero attached hydrogens (tertiary/aromatic N) is 2. The molecule has 0 radical (unpaired) electrons. The Labute approximate surface area is 236 Å². The van der Waals surface area contributed by atoms with Crippen LogP contribution in [0.5, 0.6) is 0 Å². The minimum atomic E-state index is -3.67. The summed E-state index contributed by atoms with van der Waals surface area (Å²) in [4.78, 5) is 4.86. The molecule has 6 nitrogen and oxygen atoms in total. The lowest BCUT2D eigenvalue weighted by Gasteiger charge is -2.34. The maximum atomic E-state index is 13.4. The van der Waals surface area contributed by atoms with Crippen LogP contribution in [0, 0.1) is 11.6 Å². The van der Waals surface area contributed by atoms with Gasteiger partial charge in [0.1, 0.15) is 17.7 Å². The van der Waals surface area contributed by atoms with Crippen molar-refractivity contribution >= 4 is 28.6 Å². The van der Waals surface area contributed by atoms with Gasteiger partial charge in [0.2, 0.25) is 0 Å². The van der Waals surface area contributed by atoms with Crippen molar-refractivity contribution in [1.29, 1.82) is 0 Å². The van der Waals surface area contributed by atoms with Crippen LogP contribution in [-0.2, 0) is 14.9 Å². The van der Waals surface area contributed by atoms with E-state index in [9.17, 15) is 17.2 Å². The molecule has 10 heteroatoms. The van der Waals surface area contributed by atoms with E-state index in [1.54, 1.807) is 24.3 Å². The van der Waals surface area contributed by atoms with Crippen molar-refractivity contribution in [2.24, 2.45) is 0 Å². The number of halogens is 3. The first-order valence-corrected chi connectivity index (χ1v) is 14.2. The Balaban J connectivity index is 0.000000816. The highest BCUT2D eigenvalue weighted by Gasteiger charge is 2.18. The number of ether oxygens (including phenoxy) is 1. The van der Waals surface area contributed by atoms with Crippen molar-refractivity contribution in [3.63, 3.8) is 0 Å². The summed E-state index contributed by atoms with van der Waals surface area (Å²) in [6.07, 6.45) is 4.76. The highest BCUT2D eigenvalue weighted by Crippen LogP contribution is 2.26. The molecule has 212 valence electrons. The quantitative estimate of drug-likeness (QED) is 0.345. The van der Waals surface area contributed by atoms with Crippen molar-refractivity contribution in [3.8, 4) is 0 Å². The molecule has 0 amide bonds. The van der Waals surface area contributed by atoms with Gasteiger partial charge in [-0.05, 0) is 41.0 Å². The molecule has 0 aromatic heterocycles. The van der Waals surface area contributed by atoms with Crippen LogP contribution in [0.1, 0.15) is 22.8 Å². The molecule has 1 N–H and O–H groups in total. The van der Waals surface area contributed by atoms with Crippen molar-refractivity contribution in [1.82, 2.24) is 9.80 Å². The zero-order valence-corrected chi connectivity index (χ0v) is 23.5. The van der Waals surface area contributed by atoms with Gasteiger partial charge in [0.05, 0.1) is 12.9 Å². The van der Waals surface area contributed by atoms with Crippen molar-refractivity contribution in [2.75, 3.05) is 52.1 Å². The Hall–Kier alpha value is -2.66. The highest BCUT2D eigenvalue weighted by molar-refractivity contribution is 7.85. The molecule has 0 atom stereocenters. The maximum Gasteiger partial charge on any atom is 0.261 e. The van der Waals surface area contributed by atoms with Gasteiger partial charge in [0.25, 0.3) is 10.1 Å². The molecule has 3 aromatic rings. The molecule has 1 fully saturated rings. The molecule has 0 saturated carbocycles. The minimum Gasteiger partial charge on any atom is -0.367 e. The summed E-state index contributed by atoms with van der Waals surface area (Å²) in [7, 11) is -3.67. The Morgan fingerprint density at radius 2 is 1.31 bits per heavy atom. The summed E-state index contributed by atoms with van der Waals surface area (Å²) in [6.45, 7) is 6.38. The van der Waals surface area contributed by atoms with Gasteiger partial charge >= 0.3 is 0 Å². The van der Waals surface area contributed by atoms with Crippen LogP contribution in [0.4, 0.5) is 8.78 Å². The molecule has 0 unspecified atom stereocenters. The second-order valence-corrected chi connectivity index (χ2v) is 10.5. The molecule has 0 aliphatic carbocycles. The van der Waals surface area contributed by atoms with E-state index in [1.165, 1.54) is 29.8 Å². The molecule has 3 aromatic carbocycles. The van der Waals surface area contributed by atoms with Crippen LogP contribution in [-0.4, -0.2) is 74.9 Å². The maximum absolute atomic E-state index is 13.4. The van der Waals surface area contributed by atoms with E-state index in [-0.39, 0.29) is 30.1 Å². The van der Waals surface area contributed by atoms with Crippen LogP contribution in [0.3, 0.4) is 0 Å². The second-order valence-electron chi connectivity index (χ2n) is 9.04. The molecule has 0 bridgehead atoms. The third-order valence-electron chi connectivity index (χ3n) is 5.98. The first-order chi connectivity index (χ1) is 18.2. The van der Waals surface area contributed by atoms with Crippen molar-refractivity contribution in [3.05, 3.63) is 113 Å². The summed E-state index contributed by atoms with van der Waals surface area (Å²) < 4.78 is 58.9. The first-order valence-electron chi connectivity index (χ1n) is 12.4. The summed E-state index contributed by atoms with van der Waals surface area (Å²) >= 11 is 0. The zero-order chi connectivity index (χ0) is 27.4. The van der Waals surface area contributed by atoms with Gasteiger partial charge in [-0.3, -0.25) is 14.4 Å². The van der Waals surface area contributed by atoms with Crippen LogP contribution < -0.4 is 0 Å². The van der Waals surface area contributed by atoms with E-state index >= 15 is 0 Å². The third-order valence-corrected chi connectivity index (χ3v) is 5.98. The van der Waals surface area contributed by atoms with Crippen molar-refractivity contribution in [2.45, 2.75) is 6.10 Å². The van der Waals surface area contributed by atoms with Crippen molar-refractivity contribution < 1.29 is 26.5 Å². The topological polar surface area (TPSA) is 70.1 Å². The minimum absolute atomic E-state index is 0. The fourth-order valence-corrected chi connectivity index (χ4v) is 4.06. The monoisotopic (exact) mass is 580 g/mol. The smallest absolute Gasteiger partial charge is 0.261 e. The van der Waals surface area contributed by atoms with E-state index in [2.05, 4.69) is 46.2 Å². The molecule has 1 aliphatic rings. The zero-order valence-electron chi connectivity index (χ0n) is 21.8. The molecular weight excluding hydrogens is 546 g/mol.